The van der Waals surface area contributed by atoms with Crippen molar-refractivity contribution < 1.29 is 40.1 Å². The molecule has 5 atom stereocenters. The van der Waals surface area contributed by atoms with Gasteiger partial charge in [-0.05, 0) is 0 Å². The van der Waals surface area contributed by atoms with Crippen LogP contribution in [0.3, 0.4) is 0 Å². The van der Waals surface area contributed by atoms with Gasteiger partial charge in [-0.25, -0.2) is 0 Å². The molecule has 17 heavy (non-hydrogen) atoms. The SMILES string of the molecule is OCC(CO)O[C@H]1O[C@H](CO)[C@@H](O)[C@H](O)[C@@H]1O. The number of rotatable bonds is 5. The number of aliphatic hydroxyl groups is 6. The van der Waals surface area contributed by atoms with Crippen LogP contribution in [0.25, 0.3) is 0 Å². The van der Waals surface area contributed by atoms with Crippen LogP contribution in [-0.2, 0) is 9.47 Å². The van der Waals surface area contributed by atoms with E-state index in [4.69, 9.17) is 24.8 Å². The lowest BCUT2D eigenvalue weighted by molar-refractivity contribution is -0.315. The van der Waals surface area contributed by atoms with Gasteiger partial charge in [0.05, 0.1) is 19.8 Å². The first kappa shape index (κ1) is 14.7. The molecule has 8 heteroatoms. The van der Waals surface area contributed by atoms with Gasteiger partial charge in [-0.15, -0.1) is 0 Å². The van der Waals surface area contributed by atoms with Gasteiger partial charge in [0.15, 0.2) is 6.29 Å². The average molecular weight is 254 g/mol. The molecule has 1 aliphatic heterocycles. The topological polar surface area (TPSA) is 140 Å². The zero-order chi connectivity index (χ0) is 13.0. The zero-order valence-corrected chi connectivity index (χ0v) is 9.09. The molecule has 8 nitrogen and oxygen atoms in total. The Bertz CT molecular complexity index is 217. The van der Waals surface area contributed by atoms with Gasteiger partial charge < -0.3 is 40.1 Å². The molecule has 1 heterocycles. The molecule has 0 aliphatic carbocycles. The Morgan fingerprint density at radius 1 is 0.941 bits per heavy atom. The van der Waals surface area contributed by atoms with Crippen molar-refractivity contribution in [1.29, 1.82) is 0 Å². The molecule has 0 aromatic rings. The maximum Gasteiger partial charge on any atom is 0.187 e. The third kappa shape index (κ3) is 3.33. The molecule has 0 amide bonds. The quantitative estimate of drug-likeness (QED) is 0.293. The Balaban J connectivity index is 2.65. The monoisotopic (exact) mass is 254 g/mol. The second-order valence-corrected chi connectivity index (χ2v) is 3.82. The van der Waals surface area contributed by atoms with E-state index in [2.05, 4.69) is 0 Å². The molecule has 0 saturated carbocycles. The fourth-order valence-corrected chi connectivity index (χ4v) is 1.51. The number of hydrogen-bond donors (Lipinski definition) is 6. The maximum atomic E-state index is 9.56. The van der Waals surface area contributed by atoms with E-state index in [1.54, 1.807) is 0 Å². The first-order valence-electron chi connectivity index (χ1n) is 5.22. The number of hydrogen-bond acceptors (Lipinski definition) is 8. The van der Waals surface area contributed by atoms with Crippen molar-refractivity contribution in [1.82, 2.24) is 0 Å². The highest BCUT2D eigenvalue weighted by molar-refractivity contribution is 4.89. The largest absolute Gasteiger partial charge is 0.394 e. The van der Waals surface area contributed by atoms with E-state index in [0.29, 0.717) is 0 Å². The summed E-state index contributed by atoms with van der Waals surface area (Å²) in [6.45, 7) is -1.55. The number of ether oxygens (including phenoxy) is 2. The smallest absolute Gasteiger partial charge is 0.187 e. The second kappa shape index (κ2) is 6.57. The maximum absolute atomic E-state index is 9.56. The van der Waals surface area contributed by atoms with Gasteiger partial charge in [0.25, 0.3) is 0 Å². The molecule has 0 radical (unpaired) electrons. The van der Waals surface area contributed by atoms with E-state index in [1.165, 1.54) is 0 Å². The summed E-state index contributed by atoms with van der Waals surface area (Å²) < 4.78 is 10.0. The van der Waals surface area contributed by atoms with E-state index in [1.807, 2.05) is 0 Å². The van der Waals surface area contributed by atoms with Crippen LogP contribution in [-0.4, -0.2) is 87.3 Å². The third-order valence-electron chi connectivity index (χ3n) is 2.58. The molecule has 0 unspecified atom stereocenters. The van der Waals surface area contributed by atoms with Crippen molar-refractivity contribution in [3.63, 3.8) is 0 Å². The molecule has 1 rings (SSSR count). The second-order valence-electron chi connectivity index (χ2n) is 3.82. The predicted octanol–water partition coefficient (Wildman–Crippen LogP) is -3.84. The van der Waals surface area contributed by atoms with Crippen LogP contribution < -0.4 is 0 Å². The first-order valence-corrected chi connectivity index (χ1v) is 5.22. The van der Waals surface area contributed by atoms with E-state index in [0.717, 1.165) is 0 Å². The van der Waals surface area contributed by atoms with Crippen LogP contribution in [0.5, 0.6) is 0 Å². The summed E-state index contributed by atoms with van der Waals surface area (Å²) >= 11 is 0. The molecule has 1 fully saturated rings. The Hall–Kier alpha value is -0.320. The van der Waals surface area contributed by atoms with Crippen LogP contribution in [0.2, 0.25) is 0 Å². The van der Waals surface area contributed by atoms with Crippen molar-refractivity contribution in [2.24, 2.45) is 0 Å². The average Bonchev–Trinajstić information content (AvgIpc) is 2.35. The minimum atomic E-state index is -1.54. The molecule has 6 N–H and O–H groups in total. The van der Waals surface area contributed by atoms with Crippen molar-refractivity contribution >= 4 is 0 Å². The predicted molar refractivity (Wildman–Crippen MR) is 52.8 cm³/mol. The van der Waals surface area contributed by atoms with Crippen LogP contribution in [0.1, 0.15) is 0 Å². The summed E-state index contributed by atoms with van der Waals surface area (Å²) in [6, 6.07) is 0. The van der Waals surface area contributed by atoms with Crippen LogP contribution >= 0.6 is 0 Å². The van der Waals surface area contributed by atoms with Crippen LogP contribution in [0.4, 0.5) is 0 Å². The molecule has 1 aliphatic rings. The van der Waals surface area contributed by atoms with Crippen LogP contribution in [0.15, 0.2) is 0 Å². The third-order valence-corrected chi connectivity index (χ3v) is 2.58. The standard InChI is InChI=1S/C9H18O8/c10-1-4(2-11)16-9-8(15)7(14)6(13)5(3-12)17-9/h4-15H,1-3H2/t5-,6-,7+,8+,9+/m1/s1. The van der Waals surface area contributed by atoms with Gasteiger partial charge in [-0.2, -0.15) is 0 Å². The highest BCUT2D eigenvalue weighted by Gasteiger charge is 2.44. The molecule has 102 valence electrons. The zero-order valence-electron chi connectivity index (χ0n) is 9.09. The summed E-state index contributed by atoms with van der Waals surface area (Å²) in [6.07, 6.45) is -7.92. The van der Waals surface area contributed by atoms with E-state index < -0.39 is 56.6 Å². The molecular formula is C9H18O8. The summed E-state index contributed by atoms with van der Waals surface area (Å²) in [5.74, 6) is 0. The first-order chi connectivity index (χ1) is 8.04. The lowest BCUT2D eigenvalue weighted by atomic mass is 9.99. The summed E-state index contributed by atoms with van der Waals surface area (Å²) in [5.41, 5.74) is 0. The molecule has 0 aromatic heterocycles. The van der Waals surface area contributed by atoms with Gasteiger partial charge >= 0.3 is 0 Å². The fourth-order valence-electron chi connectivity index (χ4n) is 1.51. The van der Waals surface area contributed by atoms with E-state index in [-0.39, 0.29) is 0 Å². The Morgan fingerprint density at radius 3 is 2.00 bits per heavy atom. The Morgan fingerprint density at radius 2 is 1.53 bits per heavy atom. The summed E-state index contributed by atoms with van der Waals surface area (Å²) in [7, 11) is 0. The highest BCUT2D eigenvalue weighted by Crippen LogP contribution is 2.22. The lowest BCUT2D eigenvalue weighted by Gasteiger charge is -2.40. The summed E-state index contributed by atoms with van der Waals surface area (Å²) in [5, 5.41) is 55.0. The Kier molecular flexibility index (Phi) is 5.70. The van der Waals surface area contributed by atoms with Crippen molar-refractivity contribution in [2.75, 3.05) is 19.8 Å². The summed E-state index contributed by atoms with van der Waals surface area (Å²) in [4.78, 5) is 0. The molecule has 0 spiro atoms. The molecule has 0 bridgehead atoms. The fraction of sp³-hybridized carbons (Fsp3) is 1.00. The lowest BCUT2D eigenvalue weighted by Crippen LogP contribution is -2.60. The molecule has 1 saturated heterocycles. The van der Waals surface area contributed by atoms with Gasteiger partial charge in [0, 0.05) is 0 Å². The van der Waals surface area contributed by atoms with Crippen molar-refractivity contribution in [2.45, 2.75) is 36.8 Å². The van der Waals surface area contributed by atoms with Crippen LogP contribution in [0, 0.1) is 0 Å². The minimum absolute atomic E-state index is 0.495. The molecule has 0 aromatic carbocycles. The highest BCUT2D eigenvalue weighted by atomic mass is 16.7. The Labute approximate surface area is 97.6 Å². The minimum Gasteiger partial charge on any atom is -0.394 e. The normalized spacial score (nSPS) is 38.6. The van der Waals surface area contributed by atoms with Gasteiger partial charge in [-0.1, -0.05) is 0 Å². The van der Waals surface area contributed by atoms with Gasteiger partial charge in [0.2, 0.25) is 0 Å². The van der Waals surface area contributed by atoms with Gasteiger partial charge in [-0.3, -0.25) is 0 Å². The van der Waals surface area contributed by atoms with E-state index >= 15 is 0 Å². The van der Waals surface area contributed by atoms with Crippen molar-refractivity contribution in [3.05, 3.63) is 0 Å². The number of aliphatic hydroxyl groups excluding tert-OH is 6. The van der Waals surface area contributed by atoms with Gasteiger partial charge in [0.1, 0.15) is 30.5 Å². The van der Waals surface area contributed by atoms with E-state index in [9.17, 15) is 15.3 Å². The van der Waals surface area contributed by atoms with Crippen molar-refractivity contribution in [3.8, 4) is 0 Å². The molecular weight excluding hydrogens is 236 g/mol.